The molecule has 1 fully saturated rings. The van der Waals surface area contributed by atoms with E-state index < -0.39 is 0 Å². The quantitative estimate of drug-likeness (QED) is 0.656. The van der Waals surface area contributed by atoms with Crippen LogP contribution in [-0.2, 0) is 0 Å². The maximum Gasteiger partial charge on any atom is 0.214 e. The first-order chi connectivity index (χ1) is 10.6. The summed E-state index contributed by atoms with van der Waals surface area (Å²) in [4.78, 5) is 7.81. The lowest BCUT2D eigenvalue weighted by Crippen LogP contribution is -2.22. The smallest absolute Gasteiger partial charge is 0.214 e. The zero-order chi connectivity index (χ0) is 15.8. The van der Waals surface area contributed by atoms with Gasteiger partial charge in [0, 0.05) is 6.07 Å². The Hall–Kier alpha value is -0.680. The largest absolute Gasteiger partial charge is 0.474 e. The van der Waals surface area contributed by atoms with Crippen molar-refractivity contribution >= 4 is 46.6 Å². The van der Waals surface area contributed by atoms with Crippen LogP contribution in [0.1, 0.15) is 12.8 Å². The molecule has 3 rings (SSSR count). The molecule has 0 aliphatic carbocycles. The highest BCUT2D eigenvalue weighted by Crippen LogP contribution is 2.22. The van der Waals surface area contributed by atoms with Crippen LogP contribution in [0.5, 0.6) is 5.88 Å². The normalized spacial score (nSPS) is 14.9. The van der Waals surface area contributed by atoms with Crippen molar-refractivity contribution in [2.75, 3.05) is 11.5 Å². The van der Waals surface area contributed by atoms with Crippen LogP contribution in [0.4, 0.5) is 0 Å². The van der Waals surface area contributed by atoms with Gasteiger partial charge in [0.05, 0.1) is 0 Å². The van der Waals surface area contributed by atoms with E-state index in [1.807, 2.05) is 23.9 Å². The van der Waals surface area contributed by atoms with E-state index in [0.29, 0.717) is 27.4 Å². The van der Waals surface area contributed by atoms with E-state index in [-0.39, 0.29) is 0 Å². The van der Waals surface area contributed by atoms with Crippen molar-refractivity contribution in [3.8, 4) is 5.88 Å². The second kappa shape index (κ2) is 9.46. The lowest BCUT2D eigenvalue weighted by molar-refractivity contribution is 0.184. The summed E-state index contributed by atoms with van der Waals surface area (Å²) >= 11 is 18.7. The Morgan fingerprint density at radius 2 is 1.41 bits per heavy atom. The SMILES string of the molecule is Clc1cccc(Cl)n1.Clc1cccc(OC2CCSCC2)n1. The fourth-order valence-corrected chi connectivity index (χ4v) is 3.39. The Balaban J connectivity index is 0.000000188. The molecular weight excluding hydrogens is 363 g/mol. The van der Waals surface area contributed by atoms with Crippen LogP contribution >= 0.6 is 46.6 Å². The number of thioether (sulfide) groups is 1. The average Bonchev–Trinajstić information content (AvgIpc) is 2.49. The van der Waals surface area contributed by atoms with Gasteiger partial charge < -0.3 is 4.74 Å². The molecule has 0 spiro atoms. The molecule has 1 saturated heterocycles. The second-order valence-electron chi connectivity index (χ2n) is 4.51. The molecule has 1 aliphatic heterocycles. The molecule has 0 unspecified atom stereocenters. The molecule has 1 aliphatic rings. The number of halogens is 3. The number of hydrogen-bond acceptors (Lipinski definition) is 4. The first-order valence-corrected chi connectivity index (χ1v) is 9.07. The summed E-state index contributed by atoms with van der Waals surface area (Å²) in [7, 11) is 0. The molecule has 118 valence electrons. The Kier molecular flexibility index (Phi) is 7.60. The summed E-state index contributed by atoms with van der Waals surface area (Å²) in [5, 5.41) is 1.35. The molecule has 2 aromatic rings. The third-order valence-corrected chi connectivity index (χ3v) is 4.51. The van der Waals surface area contributed by atoms with Crippen LogP contribution in [0.2, 0.25) is 15.5 Å². The predicted molar refractivity (Wildman–Crippen MR) is 94.5 cm³/mol. The number of pyridine rings is 2. The Morgan fingerprint density at radius 1 is 0.864 bits per heavy atom. The first kappa shape index (κ1) is 17.7. The Labute approximate surface area is 149 Å². The molecule has 0 saturated carbocycles. The van der Waals surface area contributed by atoms with Crippen LogP contribution in [0.15, 0.2) is 36.4 Å². The predicted octanol–water partition coefficient (Wildman–Crippen LogP) is 5.40. The topological polar surface area (TPSA) is 35.0 Å². The molecule has 3 nitrogen and oxygen atoms in total. The number of rotatable bonds is 2. The van der Waals surface area contributed by atoms with Crippen LogP contribution in [-0.4, -0.2) is 27.6 Å². The summed E-state index contributed by atoms with van der Waals surface area (Å²) < 4.78 is 5.73. The highest BCUT2D eigenvalue weighted by atomic mass is 35.5. The fourth-order valence-electron chi connectivity index (χ4n) is 1.80. The number of ether oxygens (including phenoxy) is 1. The molecule has 0 aromatic carbocycles. The summed E-state index contributed by atoms with van der Waals surface area (Å²) in [6.45, 7) is 0. The van der Waals surface area contributed by atoms with Gasteiger partial charge in [-0.2, -0.15) is 11.8 Å². The van der Waals surface area contributed by atoms with Crippen LogP contribution in [0, 0.1) is 0 Å². The maximum atomic E-state index is 5.77. The van der Waals surface area contributed by atoms with Crippen molar-refractivity contribution in [1.29, 1.82) is 0 Å². The Bertz CT molecular complexity index is 577. The van der Waals surface area contributed by atoms with Crippen molar-refractivity contribution in [2.24, 2.45) is 0 Å². The second-order valence-corrected chi connectivity index (χ2v) is 6.90. The van der Waals surface area contributed by atoms with Crippen molar-refractivity contribution in [3.05, 3.63) is 51.9 Å². The summed E-state index contributed by atoms with van der Waals surface area (Å²) in [6, 6.07) is 10.6. The standard InChI is InChI=1S/C10H12ClNOS.C5H3Cl2N/c11-9-2-1-3-10(12-9)13-8-4-6-14-7-5-8;6-4-2-1-3-5(7)8-4/h1-3,8H,4-7H2;1-3H. The first-order valence-electron chi connectivity index (χ1n) is 6.78. The van der Waals surface area contributed by atoms with Crippen molar-refractivity contribution in [3.63, 3.8) is 0 Å². The molecular formula is C15H15Cl3N2OS. The van der Waals surface area contributed by atoms with Gasteiger partial charge in [-0.15, -0.1) is 0 Å². The zero-order valence-electron chi connectivity index (χ0n) is 11.7. The molecule has 0 N–H and O–H groups in total. The van der Waals surface area contributed by atoms with Gasteiger partial charge in [-0.05, 0) is 42.5 Å². The van der Waals surface area contributed by atoms with Gasteiger partial charge in [0.2, 0.25) is 5.88 Å². The van der Waals surface area contributed by atoms with E-state index in [2.05, 4.69) is 9.97 Å². The van der Waals surface area contributed by atoms with Gasteiger partial charge in [0.1, 0.15) is 21.6 Å². The maximum absolute atomic E-state index is 5.77. The molecule has 0 atom stereocenters. The van der Waals surface area contributed by atoms with E-state index in [0.717, 1.165) is 12.8 Å². The van der Waals surface area contributed by atoms with Crippen molar-refractivity contribution < 1.29 is 4.74 Å². The monoisotopic (exact) mass is 376 g/mol. The molecule has 0 radical (unpaired) electrons. The minimum Gasteiger partial charge on any atom is -0.474 e. The zero-order valence-corrected chi connectivity index (χ0v) is 14.8. The number of hydrogen-bond donors (Lipinski definition) is 0. The van der Waals surface area contributed by atoms with E-state index in [1.54, 1.807) is 24.3 Å². The number of aromatic nitrogens is 2. The van der Waals surface area contributed by atoms with Gasteiger partial charge in [-0.25, -0.2) is 9.97 Å². The highest BCUT2D eigenvalue weighted by Gasteiger charge is 2.15. The van der Waals surface area contributed by atoms with E-state index >= 15 is 0 Å². The van der Waals surface area contributed by atoms with Crippen LogP contribution < -0.4 is 4.74 Å². The molecule has 7 heteroatoms. The van der Waals surface area contributed by atoms with Gasteiger partial charge in [0.25, 0.3) is 0 Å². The van der Waals surface area contributed by atoms with Crippen LogP contribution in [0.25, 0.3) is 0 Å². The van der Waals surface area contributed by atoms with E-state index in [4.69, 9.17) is 39.5 Å². The molecule has 0 amide bonds. The van der Waals surface area contributed by atoms with Gasteiger partial charge in [-0.3, -0.25) is 0 Å². The number of nitrogens with zero attached hydrogens (tertiary/aromatic N) is 2. The van der Waals surface area contributed by atoms with Crippen LogP contribution in [0.3, 0.4) is 0 Å². The van der Waals surface area contributed by atoms with Gasteiger partial charge in [0.15, 0.2) is 0 Å². The summed E-state index contributed by atoms with van der Waals surface area (Å²) in [6.07, 6.45) is 2.54. The van der Waals surface area contributed by atoms with Gasteiger partial charge >= 0.3 is 0 Å². The molecule has 2 aromatic heterocycles. The van der Waals surface area contributed by atoms with E-state index in [9.17, 15) is 0 Å². The van der Waals surface area contributed by atoms with E-state index in [1.165, 1.54) is 11.5 Å². The highest BCUT2D eigenvalue weighted by molar-refractivity contribution is 7.99. The Morgan fingerprint density at radius 3 is 1.91 bits per heavy atom. The molecule has 0 bridgehead atoms. The summed E-state index contributed by atoms with van der Waals surface area (Å²) in [5.74, 6) is 3.02. The third-order valence-electron chi connectivity index (χ3n) is 2.83. The summed E-state index contributed by atoms with van der Waals surface area (Å²) in [5.41, 5.74) is 0. The van der Waals surface area contributed by atoms with Crippen molar-refractivity contribution in [2.45, 2.75) is 18.9 Å². The third kappa shape index (κ3) is 6.61. The minimum absolute atomic E-state index is 0.321. The lowest BCUT2D eigenvalue weighted by atomic mass is 10.2. The van der Waals surface area contributed by atoms with Gasteiger partial charge in [-0.1, -0.05) is 46.9 Å². The molecule has 22 heavy (non-hydrogen) atoms. The van der Waals surface area contributed by atoms with Crippen molar-refractivity contribution in [1.82, 2.24) is 9.97 Å². The average molecular weight is 378 g/mol. The fraction of sp³-hybridized carbons (Fsp3) is 0.333. The minimum atomic E-state index is 0.321. The lowest BCUT2D eigenvalue weighted by Gasteiger charge is -2.21. The molecule has 3 heterocycles.